The second-order valence-corrected chi connectivity index (χ2v) is 12.4. The van der Waals surface area contributed by atoms with Crippen molar-refractivity contribution in [3.8, 4) is 0 Å². The van der Waals surface area contributed by atoms with Gasteiger partial charge in [-0.15, -0.1) is 0 Å². The molecule has 170 valence electrons. The fourth-order valence-electron chi connectivity index (χ4n) is 8.84. The van der Waals surface area contributed by atoms with Gasteiger partial charge < -0.3 is 5.11 Å². The number of aliphatic hydroxyl groups is 1. The average molecular weight is 413 g/mol. The molecule has 4 aliphatic carbocycles. The standard InChI is InChI=1S/C29H48O/c1-7-19(2)20(3)8-9-21(4)25-12-13-26-24-11-10-22-18-23(30)14-16-28(22,5)27(24)15-17-29(25,26)6/h7,10,20-21,23-27,30H,8-9,11-18H2,1-6H3. The Balaban J connectivity index is 1.47. The van der Waals surface area contributed by atoms with Gasteiger partial charge in [-0.25, -0.2) is 0 Å². The van der Waals surface area contributed by atoms with Gasteiger partial charge in [0.1, 0.15) is 0 Å². The van der Waals surface area contributed by atoms with E-state index in [0.29, 0.717) is 10.8 Å². The summed E-state index contributed by atoms with van der Waals surface area (Å²) in [4.78, 5) is 0. The Morgan fingerprint density at radius 2 is 1.87 bits per heavy atom. The summed E-state index contributed by atoms with van der Waals surface area (Å²) >= 11 is 0. The molecule has 1 N–H and O–H groups in total. The van der Waals surface area contributed by atoms with E-state index in [1.807, 2.05) is 0 Å². The van der Waals surface area contributed by atoms with Gasteiger partial charge in [0.2, 0.25) is 0 Å². The lowest BCUT2D eigenvalue weighted by Crippen LogP contribution is -2.50. The van der Waals surface area contributed by atoms with Gasteiger partial charge in [-0.05, 0) is 124 Å². The molecule has 9 unspecified atom stereocenters. The summed E-state index contributed by atoms with van der Waals surface area (Å²) in [6, 6.07) is 0. The van der Waals surface area contributed by atoms with Gasteiger partial charge in [0.25, 0.3) is 0 Å². The average Bonchev–Trinajstić information content (AvgIpc) is 3.09. The Morgan fingerprint density at radius 1 is 1.10 bits per heavy atom. The predicted octanol–water partition coefficient (Wildman–Crippen LogP) is 7.94. The van der Waals surface area contributed by atoms with Crippen LogP contribution in [0.3, 0.4) is 0 Å². The lowest BCUT2D eigenvalue weighted by atomic mass is 9.47. The lowest BCUT2D eigenvalue weighted by Gasteiger charge is -2.58. The van der Waals surface area contributed by atoms with E-state index in [1.54, 1.807) is 11.1 Å². The minimum Gasteiger partial charge on any atom is -0.393 e. The van der Waals surface area contributed by atoms with Crippen molar-refractivity contribution in [2.45, 2.75) is 112 Å². The molecule has 4 aliphatic rings. The van der Waals surface area contributed by atoms with E-state index in [1.165, 1.54) is 51.4 Å². The zero-order valence-electron chi connectivity index (χ0n) is 20.7. The number of aliphatic hydroxyl groups excluding tert-OH is 1. The number of rotatable bonds is 5. The number of hydrogen-bond donors (Lipinski definition) is 1. The molecule has 0 amide bonds. The Hall–Kier alpha value is -0.560. The molecule has 0 radical (unpaired) electrons. The molecule has 0 aromatic rings. The first-order valence-electron chi connectivity index (χ1n) is 13.2. The van der Waals surface area contributed by atoms with Crippen molar-refractivity contribution in [2.24, 2.45) is 46.3 Å². The molecular weight excluding hydrogens is 364 g/mol. The fourth-order valence-corrected chi connectivity index (χ4v) is 8.84. The van der Waals surface area contributed by atoms with E-state index in [-0.39, 0.29) is 6.10 Å². The van der Waals surface area contributed by atoms with Gasteiger partial charge in [-0.1, -0.05) is 51.0 Å². The van der Waals surface area contributed by atoms with Crippen LogP contribution in [0.1, 0.15) is 106 Å². The van der Waals surface area contributed by atoms with Crippen LogP contribution in [0.4, 0.5) is 0 Å². The highest BCUT2D eigenvalue weighted by Crippen LogP contribution is 2.67. The SMILES string of the molecule is CC=C(C)C(C)CCC(C)C1CCC2C3CC=C4CC(O)CCC4(C)C3CCC12C. The van der Waals surface area contributed by atoms with Crippen LogP contribution >= 0.6 is 0 Å². The molecule has 0 heterocycles. The smallest absolute Gasteiger partial charge is 0.0577 e. The zero-order valence-corrected chi connectivity index (χ0v) is 20.7. The number of fused-ring (bicyclic) bond motifs is 5. The second-order valence-electron chi connectivity index (χ2n) is 12.4. The van der Waals surface area contributed by atoms with Crippen molar-refractivity contribution in [3.05, 3.63) is 23.3 Å². The van der Waals surface area contributed by atoms with E-state index < -0.39 is 0 Å². The minimum absolute atomic E-state index is 0.0833. The van der Waals surface area contributed by atoms with Gasteiger partial charge in [-0.2, -0.15) is 0 Å². The first-order valence-corrected chi connectivity index (χ1v) is 13.2. The van der Waals surface area contributed by atoms with Crippen molar-refractivity contribution in [2.75, 3.05) is 0 Å². The summed E-state index contributed by atoms with van der Waals surface area (Å²) in [6.07, 6.45) is 17.8. The Bertz CT molecular complexity index is 688. The zero-order chi connectivity index (χ0) is 21.7. The first-order chi connectivity index (χ1) is 14.2. The highest BCUT2D eigenvalue weighted by atomic mass is 16.3. The van der Waals surface area contributed by atoms with E-state index >= 15 is 0 Å². The molecule has 1 heteroatoms. The second kappa shape index (κ2) is 8.42. The van der Waals surface area contributed by atoms with Crippen LogP contribution in [0, 0.1) is 46.3 Å². The molecular formula is C29H48O. The molecule has 1 nitrogen and oxygen atoms in total. The topological polar surface area (TPSA) is 20.2 Å². The minimum atomic E-state index is -0.0833. The summed E-state index contributed by atoms with van der Waals surface area (Å²) in [5, 5.41) is 10.2. The van der Waals surface area contributed by atoms with Crippen molar-refractivity contribution in [1.82, 2.24) is 0 Å². The third kappa shape index (κ3) is 3.66. The Kier molecular flexibility index (Phi) is 6.35. The quantitative estimate of drug-likeness (QED) is 0.454. The van der Waals surface area contributed by atoms with Crippen molar-refractivity contribution in [3.63, 3.8) is 0 Å². The maximum Gasteiger partial charge on any atom is 0.0577 e. The maximum atomic E-state index is 10.2. The molecule has 0 bridgehead atoms. The Labute approximate surface area is 186 Å². The monoisotopic (exact) mass is 412 g/mol. The normalized spacial score (nSPS) is 45.8. The molecule has 0 saturated heterocycles. The fraction of sp³-hybridized carbons (Fsp3) is 0.862. The van der Waals surface area contributed by atoms with E-state index in [9.17, 15) is 5.11 Å². The van der Waals surface area contributed by atoms with Gasteiger partial charge in [0, 0.05) is 0 Å². The van der Waals surface area contributed by atoms with Gasteiger partial charge >= 0.3 is 0 Å². The summed E-state index contributed by atoms with van der Waals surface area (Å²) in [7, 11) is 0. The Morgan fingerprint density at radius 3 is 2.60 bits per heavy atom. The summed E-state index contributed by atoms with van der Waals surface area (Å²) in [6.45, 7) is 14.7. The van der Waals surface area contributed by atoms with Gasteiger partial charge in [-0.3, -0.25) is 0 Å². The molecule has 4 rings (SSSR count). The summed E-state index contributed by atoms with van der Waals surface area (Å²) in [5.74, 6) is 5.22. The van der Waals surface area contributed by atoms with Crippen LogP contribution in [-0.4, -0.2) is 11.2 Å². The summed E-state index contributed by atoms with van der Waals surface area (Å²) < 4.78 is 0. The van der Waals surface area contributed by atoms with E-state index in [4.69, 9.17) is 0 Å². The molecule has 3 fully saturated rings. The predicted molar refractivity (Wildman–Crippen MR) is 128 cm³/mol. The molecule has 0 aromatic heterocycles. The van der Waals surface area contributed by atoms with Crippen LogP contribution in [0.15, 0.2) is 23.3 Å². The summed E-state index contributed by atoms with van der Waals surface area (Å²) in [5.41, 5.74) is 4.12. The largest absolute Gasteiger partial charge is 0.393 e. The lowest BCUT2D eigenvalue weighted by molar-refractivity contribution is -0.0573. The number of hydrogen-bond acceptors (Lipinski definition) is 1. The molecule has 0 aliphatic heterocycles. The van der Waals surface area contributed by atoms with Crippen LogP contribution in [0.2, 0.25) is 0 Å². The van der Waals surface area contributed by atoms with Crippen molar-refractivity contribution >= 4 is 0 Å². The first kappa shape index (κ1) is 22.6. The molecule has 3 saturated carbocycles. The number of allylic oxidation sites excluding steroid dienone is 3. The maximum absolute atomic E-state index is 10.2. The van der Waals surface area contributed by atoms with Gasteiger partial charge in [0.05, 0.1) is 6.10 Å². The third-order valence-corrected chi connectivity index (χ3v) is 11.1. The highest BCUT2D eigenvalue weighted by Gasteiger charge is 2.59. The van der Waals surface area contributed by atoms with Crippen molar-refractivity contribution < 1.29 is 5.11 Å². The highest BCUT2D eigenvalue weighted by molar-refractivity contribution is 5.25. The molecule has 9 atom stereocenters. The van der Waals surface area contributed by atoms with E-state index in [0.717, 1.165) is 48.3 Å². The molecule has 0 spiro atoms. The molecule has 0 aromatic carbocycles. The molecule has 30 heavy (non-hydrogen) atoms. The third-order valence-electron chi connectivity index (χ3n) is 11.1. The van der Waals surface area contributed by atoms with E-state index in [2.05, 4.69) is 53.7 Å². The van der Waals surface area contributed by atoms with Crippen molar-refractivity contribution in [1.29, 1.82) is 0 Å². The van der Waals surface area contributed by atoms with Crippen LogP contribution in [0.5, 0.6) is 0 Å². The van der Waals surface area contributed by atoms with Crippen LogP contribution < -0.4 is 0 Å². The van der Waals surface area contributed by atoms with Crippen LogP contribution in [-0.2, 0) is 0 Å². The van der Waals surface area contributed by atoms with Crippen LogP contribution in [0.25, 0.3) is 0 Å². The van der Waals surface area contributed by atoms with Gasteiger partial charge in [0.15, 0.2) is 0 Å².